The molecule has 0 saturated carbocycles. The smallest absolute Gasteiger partial charge is 0.250 e. The normalized spacial score (nSPS) is 20.9. The summed E-state index contributed by atoms with van der Waals surface area (Å²) >= 11 is 1.69. The number of hydrogen-bond acceptors (Lipinski definition) is 5. The van der Waals surface area contributed by atoms with Gasteiger partial charge in [0.1, 0.15) is 6.10 Å². The fourth-order valence-electron chi connectivity index (χ4n) is 2.49. The first kappa shape index (κ1) is 15.4. The molecule has 1 aliphatic heterocycles. The molecule has 1 amide bonds. The van der Waals surface area contributed by atoms with Crippen LogP contribution < -0.4 is 5.32 Å². The molecule has 5 nitrogen and oxygen atoms in total. The minimum Gasteiger partial charge on any atom is -0.366 e. The first-order valence-corrected chi connectivity index (χ1v) is 8.38. The number of para-hydroxylation sites is 1. The van der Waals surface area contributed by atoms with Crippen molar-refractivity contribution in [3.8, 4) is 0 Å². The van der Waals surface area contributed by atoms with Gasteiger partial charge in [0, 0.05) is 25.6 Å². The van der Waals surface area contributed by atoms with E-state index in [0.29, 0.717) is 19.7 Å². The van der Waals surface area contributed by atoms with Crippen LogP contribution in [0.2, 0.25) is 0 Å². The van der Waals surface area contributed by atoms with Crippen LogP contribution in [0.3, 0.4) is 0 Å². The van der Waals surface area contributed by atoms with E-state index in [-0.39, 0.29) is 17.9 Å². The predicted octanol–water partition coefficient (Wildman–Crippen LogP) is 1.85. The third kappa shape index (κ3) is 3.45. The highest BCUT2D eigenvalue weighted by Crippen LogP contribution is 2.26. The summed E-state index contributed by atoms with van der Waals surface area (Å²) in [5.74, 6) is 0.169. The molecular weight excluding hydrogens is 298 g/mol. The third-order valence-corrected chi connectivity index (χ3v) is 5.14. The van der Waals surface area contributed by atoms with Crippen LogP contribution in [0.5, 0.6) is 0 Å². The van der Waals surface area contributed by atoms with Crippen LogP contribution in [0, 0.1) is 0 Å². The summed E-state index contributed by atoms with van der Waals surface area (Å²) in [6.45, 7) is 4.82. The fourth-order valence-corrected chi connectivity index (χ4v) is 3.51. The lowest BCUT2D eigenvalue weighted by atomic mass is 10.2. The summed E-state index contributed by atoms with van der Waals surface area (Å²) in [4.78, 5) is 18.9. The topological polar surface area (TPSA) is 54.5 Å². The number of nitrogens with zero attached hydrogens (tertiary/aromatic N) is 2. The molecule has 3 rings (SSSR count). The van der Waals surface area contributed by atoms with E-state index in [1.165, 1.54) is 4.70 Å². The molecule has 1 aromatic carbocycles. The molecule has 0 unspecified atom stereocenters. The van der Waals surface area contributed by atoms with Crippen molar-refractivity contribution in [2.45, 2.75) is 18.9 Å². The van der Waals surface area contributed by atoms with Gasteiger partial charge in [0.25, 0.3) is 0 Å². The van der Waals surface area contributed by atoms with Crippen molar-refractivity contribution in [2.24, 2.45) is 0 Å². The van der Waals surface area contributed by atoms with Gasteiger partial charge in [-0.15, -0.1) is 11.3 Å². The highest BCUT2D eigenvalue weighted by atomic mass is 32.1. The first-order valence-electron chi connectivity index (χ1n) is 7.57. The highest BCUT2D eigenvalue weighted by molar-refractivity contribution is 7.18. The number of likely N-dealkylation sites (N-methyl/N-ethyl adjacent to an activating group) is 1. The Morgan fingerprint density at radius 2 is 2.36 bits per heavy atom. The molecule has 22 heavy (non-hydrogen) atoms. The Morgan fingerprint density at radius 1 is 1.55 bits per heavy atom. The van der Waals surface area contributed by atoms with Gasteiger partial charge in [-0.05, 0) is 19.2 Å². The van der Waals surface area contributed by atoms with Crippen molar-refractivity contribution in [1.29, 1.82) is 0 Å². The molecule has 0 radical (unpaired) electrons. The maximum absolute atomic E-state index is 12.2. The molecule has 1 N–H and O–H groups in total. The summed E-state index contributed by atoms with van der Waals surface area (Å²) in [6, 6.07) is 8.11. The molecule has 0 bridgehead atoms. The minimum atomic E-state index is -0.360. The van der Waals surface area contributed by atoms with Crippen molar-refractivity contribution in [3.63, 3.8) is 0 Å². The van der Waals surface area contributed by atoms with Gasteiger partial charge in [-0.25, -0.2) is 4.98 Å². The number of carbonyl (C=O) groups excluding carboxylic acids is 1. The lowest BCUT2D eigenvalue weighted by molar-refractivity contribution is -0.137. The summed E-state index contributed by atoms with van der Waals surface area (Å²) in [5, 5.41) is 4.05. The molecular formula is C16H21N3O2S. The standard InChI is InChI=1S/C16H21N3O2S/c1-11(16-18-12-5-3-4-6-14(12)22-16)9-17-15(20)13-10-19(2)7-8-21-13/h3-6,11,13H,7-10H2,1-2H3,(H,17,20)/t11-,13+/m1/s1. The summed E-state index contributed by atoms with van der Waals surface area (Å²) < 4.78 is 6.72. The molecule has 1 saturated heterocycles. The van der Waals surface area contributed by atoms with Gasteiger partial charge in [0.15, 0.2) is 0 Å². The molecule has 2 aromatic rings. The number of fused-ring (bicyclic) bond motifs is 1. The Bertz CT molecular complexity index is 625. The highest BCUT2D eigenvalue weighted by Gasteiger charge is 2.25. The third-order valence-electron chi connectivity index (χ3n) is 3.88. The number of thiazole rings is 1. The summed E-state index contributed by atoms with van der Waals surface area (Å²) in [5.41, 5.74) is 1.03. The first-order chi connectivity index (χ1) is 10.6. The number of rotatable bonds is 4. The molecule has 0 aliphatic carbocycles. The van der Waals surface area contributed by atoms with E-state index in [0.717, 1.165) is 17.1 Å². The Hall–Kier alpha value is -1.50. The van der Waals surface area contributed by atoms with E-state index in [9.17, 15) is 4.79 Å². The van der Waals surface area contributed by atoms with Gasteiger partial charge in [0.2, 0.25) is 5.91 Å². The van der Waals surface area contributed by atoms with Crippen LogP contribution in [0.15, 0.2) is 24.3 Å². The number of aromatic nitrogens is 1. The predicted molar refractivity (Wildman–Crippen MR) is 88.3 cm³/mol. The van der Waals surface area contributed by atoms with Gasteiger partial charge in [0.05, 0.1) is 21.8 Å². The molecule has 1 aliphatic rings. The number of morpholine rings is 1. The molecule has 118 valence electrons. The van der Waals surface area contributed by atoms with Crippen molar-refractivity contribution in [1.82, 2.24) is 15.2 Å². The van der Waals surface area contributed by atoms with Crippen LogP contribution in [0.25, 0.3) is 10.2 Å². The van der Waals surface area contributed by atoms with Gasteiger partial charge >= 0.3 is 0 Å². The quantitative estimate of drug-likeness (QED) is 0.934. The molecule has 0 spiro atoms. The monoisotopic (exact) mass is 319 g/mol. The molecule has 1 aromatic heterocycles. The lowest BCUT2D eigenvalue weighted by Gasteiger charge is -2.29. The molecule has 2 atom stereocenters. The zero-order valence-electron chi connectivity index (χ0n) is 12.9. The van der Waals surface area contributed by atoms with Crippen LogP contribution in [0.4, 0.5) is 0 Å². The summed E-state index contributed by atoms with van der Waals surface area (Å²) in [6.07, 6.45) is -0.360. The fraction of sp³-hybridized carbons (Fsp3) is 0.500. The van der Waals surface area contributed by atoms with Crippen LogP contribution >= 0.6 is 11.3 Å². The zero-order chi connectivity index (χ0) is 15.5. The van der Waals surface area contributed by atoms with E-state index in [4.69, 9.17) is 4.74 Å². The van der Waals surface area contributed by atoms with Gasteiger partial charge in [-0.1, -0.05) is 19.1 Å². The second-order valence-electron chi connectivity index (χ2n) is 5.79. The number of nitrogens with one attached hydrogen (secondary N) is 1. The summed E-state index contributed by atoms with van der Waals surface area (Å²) in [7, 11) is 2.01. The van der Waals surface area contributed by atoms with Crippen molar-refractivity contribution < 1.29 is 9.53 Å². The van der Waals surface area contributed by atoms with Crippen LogP contribution in [0.1, 0.15) is 17.8 Å². The number of hydrogen-bond donors (Lipinski definition) is 1. The maximum Gasteiger partial charge on any atom is 0.250 e. The van der Waals surface area contributed by atoms with Crippen LogP contribution in [-0.2, 0) is 9.53 Å². The minimum absolute atomic E-state index is 0.0282. The van der Waals surface area contributed by atoms with E-state index in [1.54, 1.807) is 11.3 Å². The maximum atomic E-state index is 12.2. The number of ether oxygens (including phenoxy) is 1. The largest absolute Gasteiger partial charge is 0.366 e. The average Bonchev–Trinajstić information content (AvgIpc) is 2.96. The number of carbonyl (C=O) groups is 1. The van der Waals surface area contributed by atoms with Crippen molar-refractivity contribution in [2.75, 3.05) is 33.3 Å². The van der Waals surface area contributed by atoms with Crippen molar-refractivity contribution >= 4 is 27.5 Å². The average molecular weight is 319 g/mol. The SMILES string of the molecule is C[C@H](CNC(=O)[C@@H]1CN(C)CCO1)c1nc2ccccc2s1. The van der Waals surface area contributed by atoms with Crippen molar-refractivity contribution in [3.05, 3.63) is 29.3 Å². The van der Waals surface area contributed by atoms with Gasteiger partial charge < -0.3 is 15.0 Å². The van der Waals surface area contributed by atoms with E-state index >= 15 is 0 Å². The lowest BCUT2D eigenvalue weighted by Crippen LogP contribution is -2.48. The molecule has 1 fully saturated rings. The Kier molecular flexibility index (Phi) is 4.71. The van der Waals surface area contributed by atoms with E-state index in [2.05, 4.69) is 28.2 Å². The van der Waals surface area contributed by atoms with E-state index < -0.39 is 0 Å². The van der Waals surface area contributed by atoms with Crippen LogP contribution in [-0.4, -0.2) is 55.2 Å². The molecule has 6 heteroatoms. The Morgan fingerprint density at radius 3 is 3.14 bits per heavy atom. The Balaban J connectivity index is 1.57. The zero-order valence-corrected chi connectivity index (χ0v) is 13.7. The second-order valence-corrected chi connectivity index (χ2v) is 6.85. The second kappa shape index (κ2) is 6.73. The number of amides is 1. The molecule has 2 heterocycles. The Labute approximate surface area is 134 Å². The van der Waals surface area contributed by atoms with E-state index in [1.807, 2.05) is 25.2 Å². The van der Waals surface area contributed by atoms with Gasteiger partial charge in [-0.3, -0.25) is 4.79 Å². The van der Waals surface area contributed by atoms with Gasteiger partial charge in [-0.2, -0.15) is 0 Å². The number of benzene rings is 1.